The molecule has 2 aliphatic rings. The fourth-order valence-corrected chi connectivity index (χ4v) is 4.98. The normalized spacial score (nSPS) is 20.0. The molecule has 5 rings (SSSR count). The summed E-state index contributed by atoms with van der Waals surface area (Å²) in [6.45, 7) is 4.39. The lowest BCUT2D eigenvalue weighted by Gasteiger charge is -2.39. The van der Waals surface area contributed by atoms with Crippen LogP contribution in [0.4, 0.5) is 8.78 Å². The number of hydrogen-bond donors (Lipinski definition) is 1. The molecular formula is C28H27F2N5O2. The van der Waals surface area contributed by atoms with Crippen LogP contribution in [-0.4, -0.2) is 47.0 Å². The van der Waals surface area contributed by atoms with Crippen molar-refractivity contribution in [2.75, 3.05) is 20.3 Å². The second-order valence-corrected chi connectivity index (χ2v) is 9.37. The average Bonchev–Trinajstić information content (AvgIpc) is 2.89. The van der Waals surface area contributed by atoms with Crippen LogP contribution in [0.1, 0.15) is 40.8 Å². The van der Waals surface area contributed by atoms with Gasteiger partial charge in [-0.2, -0.15) is 8.78 Å². The first-order chi connectivity index (χ1) is 17.7. The number of nitrogens with two attached hydrogens (primary N) is 1. The van der Waals surface area contributed by atoms with E-state index in [1.165, 1.54) is 11.1 Å². The van der Waals surface area contributed by atoms with Gasteiger partial charge in [-0.05, 0) is 72.4 Å². The Hall–Kier alpha value is -3.98. The molecule has 0 spiro atoms. The first-order valence-corrected chi connectivity index (χ1v) is 12.0. The molecule has 1 amide bonds. The highest BCUT2D eigenvalue weighted by Gasteiger charge is 2.44. The first-order valence-electron chi connectivity index (χ1n) is 12.0. The van der Waals surface area contributed by atoms with Crippen LogP contribution >= 0.6 is 0 Å². The summed E-state index contributed by atoms with van der Waals surface area (Å²) in [6.07, 6.45) is 3.96. The van der Waals surface area contributed by atoms with Gasteiger partial charge in [0.2, 0.25) is 17.8 Å². The van der Waals surface area contributed by atoms with Crippen molar-refractivity contribution < 1.29 is 18.3 Å². The smallest absolute Gasteiger partial charge is 0.232 e. The summed E-state index contributed by atoms with van der Waals surface area (Å²) in [4.78, 5) is 27.3. The van der Waals surface area contributed by atoms with Gasteiger partial charge < -0.3 is 10.5 Å². The van der Waals surface area contributed by atoms with E-state index in [4.69, 9.17) is 15.5 Å². The van der Waals surface area contributed by atoms with Crippen LogP contribution in [0.2, 0.25) is 0 Å². The van der Waals surface area contributed by atoms with Crippen LogP contribution in [0.3, 0.4) is 0 Å². The van der Waals surface area contributed by atoms with E-state index in [1.807, 2.05) is 19.1 Å². The number of halogens is 2. The van der Waals surface area contributed by atoms with E-state index < -0.39 is 17.4 Å². The summed E-state index contributed by atoms with van der Waals surface area (Å²) >= 11 is 0. The Morgan fingerprint density at radius 1 is 1.11 bits per heavy atom. The molecule has 190 valence electrons. The van der Waals surface area contributed by atoms with Gasteiger partial charge in [0.15, 0.2) is 5.96 Å². The zero-order chi connectivity index (χ0) is 26.3. The van der Waals surface area contributed by atoms with E-state index in [0.29, 0.717) is 47.6 Å². The molecule has 3 aromatic rings. The van der Waals surface area contributed by atoms with Crippen LogP contribution in [0.25, 0.3) is 16.7 Å². The molecule has 4 heterocycles. The highest BCUT2D eigenvalue weighted by Crippen LogP contribution is 2.45. The highest BCUT2D eigenvalue weighted by molar-refractivity contribution is 5.99. The number of aliphatic imine (C=N–C) groups is 1. The Bertz CT molecular complexity index is 1470. The van der Waals surface area contributed by atoms with Gasteiger partial charge in [-0.3, -0.25) is 9.69 Å². The molecule has 2 aliphatic heterocycles. The molecule has 2 N–H and O–H groups in total. The molecule has 2 aromatic heterocycles. The Morgan fingerprint density at radius 3 is 2.62 bits per heavy atom. The van der Waals surface area contributed by atoms with Crippen LogP contribution < -0.4 is 5.73 Å². The largest absolute Gasteiger partial charge is 0.376 e. The van der Waals surface area contributed by atoms with Crippen LogP contribution in [-0.2, 0) is 15.1 Å². The third-order valence-corrected chi connectivity index (χ3v) is 7.08. The fraction of sp³-hybridized carbons (Fsp3) is 0.286. The lowest BCUT2D eigenvalue weighted by molar-refractivity contribution is -0.128. The lowest BCUT2D eigenvalue weighted by atomic mass is 9.75. The monoisotopic (exact) mass is 503 g/mol. The predicted molar refractivity (Wildman–Crippen MR) is 137 cm³/mol. The number of guanidine groups is 1. The number of nitrogens with zero attached hydrogens (tertiary/aromatic N) is 4. The minimum atomic E-state index is -1.36. The standard InChI is InChI=1S/C28H27F2N5O2/c1-16-8-9-18(20-7-4-10-32-26(20)30)12-21(16)28(14-24(36)35(3)27(31)34-28)22-13-23(33-25(29)17(22)2)19-6-5-11-37-15-19/h4,6-10,12-13H,5,11,14-15H2,1-3H3,(H2,31,34). The van der Waals surface area contributed by atoms with Crippen molar-refractivity contribution in [1.82, 2.24) is 14.9 Å². The van der Waals surface area contributed by atoms with Gasteiger partial charge in [0.1, 0.15) is 5.54 Å². The second kappa shape index (κ2) is 9.48. The molecular weight excluding hydrogens is 476 g/mol. The maximum atomic E-state index is 15.4. The van der Waals surface area contributed by atoms with Gasteiger partial charge in [-0.15, -0.1) is 0 Å². The number of carbonyl (C=O) groups is 1. The quantitative estimate of drug-likeness (QED) is 0.537. The van der Waals surface area contributed by atoms with Crippen LogP contribution in [0, 0.1) is 25.7 Å². The van der Waals surface area contributed by atoms with Crippen molar-refractivity contribution in [3.63, 3.8) is 0 Å². The van der Waals surface area contributed by atoms with Gasteiger partial charge in [-0.25, -0.2) is 15.0 Å². The van der Waals surface area contributed by atoms with Crippen molar-refractivity contribution in [3.05, 3.63) is 88.5 Å². The molecule has 1 aromatic carbocycles. The number of benzene rings is 1. The lowest BCUT2D eigenvalue weighted by Crippen LogP contribution is -2.49. The van der Waals surface area contributed by atoms with Crippen molar-refractivity contribution in [2.45, 2.75) is 32.2 Å². The molecule has 0 fully saturated rings. The minimum absolute atomic E-state index is 0.00648. The van der Waals surface area contributed by atoms with Gasteiger partial charge in [0.25, 0.3) is 0 Å². The zero-order valence-corrected chi connectivity index (χ0v) is 20.9. The van der Waals surface area contributed by atoms with E-state index in [2.05, 4.69) is 9.97 Å². The summed E-state index contributed by atoms with van der Waals surface area (Å²) < 4.78 is 35.6. The third kappa shape index (κ3) is 4.29. The topological polar surface area (TPSA) is 93.7 Å². The number of carbonyl (C=O) groups excluding carboxylic acids is 1. The molecule has 0 saturated heterocycles. The maximum absolute atomic E-state index is 15.4. The summed E-state index contributed by atoms with van der Waals surface area (Å²) in [5.41, 5.74) is 9.08. The number of aromatic nitrogens is 2. The van der Waals surface area contributed by atoms with Gasteiger partial charge >= 0.3 is 0 Å². The maximum Gasteiger partial charge on any atom is 0.232 e. The summed E-state index contributed by atoms with van der Waals surface area (Å²) in [5.74, 6) is -1.55. The van der Waals surface area contributed by atoms with Crippen molar-refractivity contribution in [1.29, 1.82) is 0 Å². The Labute approximate surface area is 213 Å². The van der Waals surface area contributed by atoms with Crippen molar-refractivity contribution in [2.24, 2.45) is 10.7 Å². The minimum Gasteiger partial charge on any atom is -0.376 e. The number of rotatable bonds is 4. The van der Waals surface area contributed by atoms with E-state index >= 15 is 4.39 Å². The van der Waals surface area contributed by atoms with E-state index in [0.717, 1.165) is 11.1 Å². The van der Waals surface area contributed by atoms with Crippen molar-refractivity contribution in [3.8, 4) is 11.1 Å². The molecule has 37 heavy (non-hydrogen) atoms. The molecule has 1 unspecified atom stereocenters. The summed E-state index contributed by atoms with van der Waals surface area (Å²) in [6, 6.07) is 10.4. The molecule has 0 radical (unpaired) electrons. The molecule has 9 heteroatoms. The van der Waals surface area contributed by atoms with Crippen LogP contribution in [0.15, 0.2) is 53.7 Å². The molecule has 0 saturated carbocycles. The second-order valence-electron chi connectivity index (χ2n) is 9.37. The van der Waals surface area contributed by atoms with E-state index in [-0.39, 0.29) is 23.9 Å². The van der Waals surface area contributed by atoms with Gasteiger partial charge in [-0.1, -0.05) is 18.2 Å². The SMILES string of the molecule is Cc1ccc(-c2cccnc2F)cc1C1(c2cc(C3=CCCOC3)nc(F)c2C)CC(=O)N(C)C(N)=N1. The number of pyridine rings is 2. The van der Waals surface area contributed by atoms with Crippen LogP contribution in [0.5, 0.6) is 0 Å². The third-order valence-electron chi connectivity index (χ3n) is 7.08. The highest BCUT2D eigenvalue weighted by atomic mass is 19.1. The Kier molecular flexibility index (Phi) is 6.33. The summed E-state index contributed by atoms with van der Waals surface area (Å²) in [7, 11) is 1.55. The van der Waals surface area contributed by atoms with E-state index in [9.17, 15) is 9.18 Å². The number of aryl methyl sites for hydroxylation is 1. The first kappa shape index (κ1) is 24.7. The van der Waals surface area contributed by atoms with Gasteiger partial charge in [0.05, 0.1) is 25.3 Å². The molecule has 7 nitrogen and oxygen atoms in total. The number of amides is 1. The predicted octanol–water partition coefficient (Wildman–Crippen LogP) is 4.26. The fourth-order valence-electron chi connectivity index (χ4n) is 4.98. The molecule has 1 atom stereocenters. The number of hydrogen-bond acceptors (Lipinski definition) is 6. The van der Waals surface area contributed by atoms with Crippen molar-refractivity contribution >= 4 is 17.4 Å². The average molecular weight is 504 g/mol. The number of ether oxygens (including phenoxy) is 1. The summed E-state index contributed by atoms with van der Waals surface area (Å²) in [5, 5.41) is 0. The molecule has 0 aliphatic carbocycles. The Balaban J connectivity index is 1.81. The van der Waals surface area contributed by atoms with E-state index in [1.54, 1.807) is 44.3 Å². The van der Waals surface area contributed by atoms with Gasteiger partial charge in [0, 0.05) is 24.4 Å². The molecule has 0 bridgehead atoms. The zero-order valence-electron chi connectivity index (χ0n) is 20.9. The Morgan fingerprint density at radius 2 is 1.92 bits per heavy atom.